The number of amides is 2. The van der Waals surface area contributed by atoms with E-state index in [1.165, 1.54) is 12.4 Å². The second-order valence-electron chi connectivity index (χ2n) is 13.1. The fourth-order valence-electron chi connectivity index (χ4n) is 6.75. The molecule has 2 saturated heterocycles. The van der Waals surface area contributed by atoms with E-state index in [1.807, 2.05) is 35.4 Å². The Morgan fingerprint density at radius 3 is 1.88 bits per heavy atom. The number of fused-ring (bicyclic) bond motifs is 1. The number of hydrogen-bond donors (Lipinski definition) is 1. The average Bonchev–Trinajstić information content (AvgIpc) is 3.59. The highest BCUT2D eigenvalue weighted by atomic mass is 35.5. The molecule has 2 fully saturated rings. The first kappa shape index (κ1) is 37.2. The van der Waals surface area contributed by atoms with Crippen molar-refractivity contribution in [2.45, 2.75) is 25.7 Å². The number of nitrogens with one attached hydrogen (secondary N) is 1. The number of rotatable bonds is 16. The topological polar surface area (TPSA) is 107 Å². The Morgan fingerprint density at radius 1 is 0.725 bits per heavy atom. The van der Waals surface area contributed by atoms with Crippen LogP contribution in [0.2, 0.25) is 10.0 Å². The van der Waals surface area contributed by atoms with Crippen LogP contribution in [-0.2, 0) is 22.3 Å². The van der Waals surface area contributed by atoms with Crippen molar-refractivity contribution in [3.05, 3.63) is 93.6 Å². The zero-order chi connectivity index (χ0) is 35.4. The number of halogens is 2. The average molecular weight is 737 g/mol. The molecule has 4 aromatic rings. The summed E-state index contributed by atoms with van der Waals surface area (Å²) in [7, 11) is 0. The number of carbonyl (C=O) groups excluding carboxylic acids is 2. The van der Waals surface area contributed by atoms with Crippen LogP contribution in [-0.4, -0.2) is 138 Å². The van der Waals surface area contributed by atoms with Crippen molar-refractivity contribution in [2.75, 3.05) is 91.9 Å². The van der Waals surface area contributed by atoms with E-state index in [0.29, 0.717) is 62.3 Å². The Hall–Kier alpha value is -3.58. The fourth-order valence-corrected chi connectivity index (χ4v) is 7.07. The Bertz CT molecular complexity index is 1740. The third kappa shape index (κ3) is 10.3. The van der Waals surface area contributed by atoms with E-state index >= 15 is 0 Å². The third-order valence-corrected chi connectivity index (χ3v) is 10.4. The van der Waals surface area contributed by atoms with Crippen LogP contribution in [0.15, 0.2) is 61.1 Å². The first-order chi connectivity index (χ1) is 25.0. The Kier molecular flexibility index (Phi) is 13.7. The molecular weight excluding hydrogens is 689 g/mol. The maximum Gasteiger partial charge on any atom is 0.274 e. The number of ether oxygens (including phenoxy) is 2. The van der Waals surface area contributed by atoms with Gasteiger partial charge in [0.2, 0.25) is 0 Å². The molecule has 0 bridgehead atoms. The molecule has 2 aliphatic heterocycles. The van der Waals surface area contributed by atoms with Crippen molar-refractivity contribution in [1.29, 1.82) is 0 Å². The van der Waals surface area contributed by atoms with Gasteiger partial charge in [0, 0.05) is 94.9 Å². The zero-order valence-electron chi connectivity index (χ0n) is 29.1. The number of aromatic amines is 1. The molecule has 0 aliphatic carbocycles. The van der Waals surface area contributed by atoms with Gasteiger partial charge in [0.15, 0.2) is 11.4 Å². The number of aromatic nitrogens is 3. The monoisotopic (exact) mass is 735 g/mol. The van der Waals surface area contributed by atoms with Crippen molar-refractivity contribution in [3.8, 4) is 0 Å². The Labute approximate surface area is 309 Å². The summed E-state index contributed by atoms with van der Waals surface area (Å²) in [6, 6.07) is 13.7. The summed E-state index contributed by atoms with van der Waals surface area (Å²) in [6.07, 6.45) is 7.80. The summed E-state index contributed by atoms with van der Waals surface area (Å²) < 4.78 is 11.0. The largest absolute Gasteiger partial charge is 0.379 e. The fraction of sp³-hybridized carbons (Fsp3) is 0.474. The molecule has 0 unspecified atom stereocenters. The molecule has 2 aliphatic rings. The second kappa shape index (κ2) is 18.8. The molecule has 0 radical (unpaired) electrons. The quantitative estimate of drug-likeness (QED) is 0.170. The lowest BCUT2D eigenvalue weighted by atomic mass is 10.1. The minimum atomic E-state index is -0.307. The van der Waals surface area contributed by atoms with Crippen LogP contribution in [0.25, 0.3) is 10.9 Å². The highest BCUT2D eigenvalue weighted by Gasteiger charge is 2.28. The summed E-state index contributed by atoms with van der Waals surface area (Å²) >= 11 is 12.5. The molecule has 13 heteroatoms. The molecule has 51 heavy (non-hydrogen) atoms. The van der Waals surface area contributed by atoms with Gasteiger partial charge in [-0.1, -0.05) is 47.5 Å². The lowest BCUT2D eigenvalue weighted by molar-refractivity contribution is 0.0355. The van der Waals surface area contributed by atoms with Crippen molar-refractivity contribution >= 4 is 45.9 Å². The number of benzene rings is 2. The van der Waals surface area contributed by atoms with Gasteiger partial charge < -0.3 is 24.3 Å². The molecule has 4 heterocycles. The molecule has 0 saturated carbocycles. The molecule has 2 amide bonds. The molecular formula is C38H47Cl2N7O4. The maximum absolute atomic E-state index is 14.4. The van der Waals surface area contributed by atoms with E-state index in [9.17, 15) is 9.59 Å². The lowest BCUT2D eigenvalue weighted by Crippen LogP contribution is -2.42. The molecule has 1 N–H and O–H groups in total. The molecule has 2 aromatic heterocycles. The smallest absolute Gasteiger partial charge is 0.274 e. The van der Waals surface area contributed by atoms with Gasteiger partial charge in [-0.3, -0.25) is 19.4 Å². The summed E-state index contributed by atoms with van der Waals surface area (Å²) in [5.41, 5.74) is 3.33. The summed E-state index contributed by atoms with van der Waals surface area (Å²) in [4.78, 5) is 49.5. The van der Waals surface area contributed by atoms with Crippen LogP contribution in [0.3, 0.4) is 0 Å². The van der Waals surface area contributed by atoms with E-state index in [-0.39, 0.29) is 23.2 Å². The number of para-hydroxylation sites is 1. The molecule has 6 rings (SSSR count). The van der Waals surface area contributed by atoms with Gasteiger partial charge in [0.25, 0.3) is 11.8 Å². The number of nitrogens with zero attached hydrogens (tertiary/aromatic N) is 6. The zero-order valence-corrected chi connectivity index (χ0v) is 30.6. The van der Waals surface area contributed by atoms with Gasteiger partial charge in [-0.2, -0.15) is 0 Å². The van der Waals surface area contributed by atoms with Crippen molar-refractivity contribution in [3.63, 3.8) is 0 Å². The van der Waals surface area contributed by atoms with Gasteiger partial charge in [-0.25, -0.2) is 9.97 Å². The molecule has 11 nitrogen and oxygen atoms in total. The first-order valence-electron chi connectivity index (χ1n) is 17.9. The van der Waals surface area contributed by atoms with E-state index < -0.39 is 0 Å². The molecule has 0 atom stereocenters. The maximum atomic E-state index is 14.4. The number of H-pyrrole nitrogens is 1. The van der Waals surface area contributed by atoms with Crippen LogP contribution >= 0.6 is 23.2 Å². The number of carbonyl (C=O) groups is 2. The van der Waals surface area contributed by atoms with Crippen molar-refractivity contribution < 1.29 is 19.1 Å². The van der Waals surface area contributed by atoms with Gasteiger partial charge >= 0.3 is 0 Å². The summed E-state index contributed by atoms with van der Waals surface area (Å²) in [5.74, 6) is -0.593. The van der Waals surface area contributed by atoms with Crippen molar-refractivity contribution in [1.82, 2.24) is 34.6 Å². The van der Waals surface area contributed by atoms with Crippen LogP contribution in [0.1, 0.15) is 44.9 Å². The standard InChI is InChI=1S/C38H47Cl2N7O4/c39-32-8-7-29(27-33(32)40)9-17-46(15-3-13-44-19-23-50-24-20-44)37(48)35-36(42-12-11-41-35)38(49)47(16-4-14-45-21-25-51-26-22-45)18-10-30-28-43-34-6-2-1-5-31(30)34/h1-2,5-8,11-12,27-28,43H,3-4,9-10,13-26H2. The minimum absolute atomic E-state index is 0.0771. The van der Waals surface area contributed by atoms with Crippen molar-refractivity contribution in [2.24, 2.45) is 0 Å². The van der Waals surface area contributed by atoms with Crippen LogP contribution < -0.4 is 0 Å². The predicted octanol–water partition coefficient (Wildman–Crippen LogP) is 5.08. The lowest BCUT2D eigenvalue weighted by Gasteiger charge is -2.29. The SMILES string of the molecule is O=C(c1nccnc1C(=O)N(CCCN1CCOCC1)CCc1c[nH]c2ccccc12)N(CCCN1CCOCC1)CCc1ccc(Cl)c(Cl)c1. The van der Waals surface area contributed by atoms with Crippen LogP contribution in [0.5, 0.6) is 0 Å². The summed E-state index contributed by atoms with van der Waals surface area (Å²) in [6.45, 7) is 10.0. The van der Waals surface area contributed by atoms with Gasteiger partial charge in [-0.05, 0) is 55.0 Å². The molecule has 0 spiro atoms. The predicted molar refractivity (Wildman–Crippen MR) is 200 cm³/mol. The third-order valence-electron chi connectivity index (χ3n) is 9.67. The molecule has 272 valence electrons. The van der Waals surface area contributed by atoms with E-state index in [2.05, 4.69) is 36.9 Å². The Morgan fingerprint density at radius 2 is 1.29 bits per heavy atom. The van der Waals surface area contributed by atoms with Gasteiger partial charge in [0.1, 0.15) is 0 Å². The van der Waals surface area contributed by atoms with E-state index in [4.69, 9.17) is 32.7 Å². The highest BCUT2D eigenvalue weighted by molar-refractivity contribution is 6.42. The normalized spacial score (nSPS) is 15.6. The van der Waals surface area contributed by atoms with Gasteiger partial charge in [-0.15, -0.1) is 0 Å². The van der Waals surface area contributed by atoms with Gasteiger partial charge in [0.05, 0.1) is 36.5 Å². The highest BCUT2D eigenvalue weighted by Crippen LogP contribution is 2.23. The Balaban J connectivity index is 1.20. The number of morpholine rings is 2. The summed E-state index contributed by atoms with van der Waals surface area (Å²) in [5, 5.41) is 2.10. The van der Waals surface area contributed by atoms with E-state index in [1.54, 1.807) is 11.0 Å². The van der Waals surface area contributed by atoms with E-state index in [0.717, 1.165) is 87.4 Å². The van der Waals surface area contributed by atoms with Crippen LogP contribution in [0.4, 0.5) is 0 Å². The number of hydrogen-bond acceptors (Lipinski definition) is 8. The van der Waals surface area contributed by atoms with Crippen LogP contribution in [0, 0.1) is 0 Å². The minimum Gasteiger partial charge on any atom is -0.379 e. The molecule has 2 aromatic carbocycles. The first-order valence-corrected chi connectivity index (χ1v) is 18.7. The second-order valence-corrected chi connectivity index (χ2v) is 13.9.